The van der Waals surface area contributed by atoms with E-state index >= 15 is 0 Å². The average Bonchev–Trinajstić information content (AvgIpc) is 2.82. The quantitative estimate of drug-likeness (QED) is 0.752. The zero-order valence-corrected chi connectivity index (χ0v) is 10.1. The van der Waals surface area contributed by atoms with Gasteiger partial charge in [0.1, 0.15) is 5.65 Å². The lowest BCUT2D eigenvalue weighted by Crippen LogP contribution is -2.45. The van der Waals surface area contributed by atoms with Crippen molar-refractivity contribution in [3.63, 3.8) is 0 Å². The van der Waals surface area contributed by atoms with Gasteiger partial charge in [-0.15, -0.1) is 0 Å². The molecular formula is C13H16N4O. The average molecular weight is 244 g/mol. The van der Waals surface area contributed by atoms with Crippen LogP contribution in [-0.2, 0) is 11.3 Å². The van der Waals surface area contributed by atoms with E-state index in [0.29, 0.717) is 12.5 Å². The summed E-state index contributed by atoms with van der Waals surface area (Å²) in [4.78, 5) is 18.5. The van der Waals surface area contributed by atoms with Gasteiger partial charge in [0.15, 0.2) is 0 Å². The highest BCUT2D eigenvalue weighted by Gasteiger charge is 2.17. The van der Waals surface area contributed by atoms with Gasteiger partial charge in [-0.2, -0.15) is 0 Å². The largest absolute Gasteiger partial charge is 0.355 e. The number of aromatic amines is 1. The molecule has 0 saturated carbocycles. The van der Waals surface area contributed by atoms with Gasteiger partial charge in [-0.3, -0.25) is 4.79 Å². The van der Waals surface area contributed by atoms with Gasteiger partial charge in [-0.25, -0.2) is 4.98 Å². The van der Waals surface area contributed by atoms with Gasteiger partial charge in [0.25, 0.3) is 0 Å². The van der Waals surface area contributed by atoms with Crippen molar-refractivity contribution in [1.29, 1.82) is 0 Å². The molecule has 3 heterocycles. The second kappa shape index (κ2) is 4.78. The maximum atomic E-state index is 11.1. The van der Waals surface area contributed by atoms with E-state index in [2.05, 4.69) is 26.7 Å². The number of carbonyl (C=O) groups is 1. The molecule has 1 saturated heterocycles. The lowest BCUT2D eigenvalue weighted by atomic mass is 10.1. The molecule has 3 N–H and O–H groups in total. The molecule has 0 radical (unpaired) electrons. The first-order chi connectivity index (χ1) is 8.83. The van der Waals surface area contributed by atoms with Gasteiger partial charge in [0.05, 0.1) is 0 Å². The molecule has 0 bridgehead atoms. The molecule has 0 aliphatic carbocycles. The molecule has 2 aromatic heterocycles. The number of hydrogen-bond donors (Lipinski definition) is 3. The second-order valence-corrected chi connectivity index (χ2v) is 4.63. The van der Waals surface area contributed by atoms with E-state index in [1.807, 2.05) is 12.3 Å². The van der Waals surface area contributed by atoms with E-state index in [0.717, 1.165) is 30.5 Å². The number of nitrogens with zero attached hydrogens (tertiary/aromatic N) is 1. The van der Waals surface area contributed by atoms with Crippen LogP contribution in [0, 0.1) is 0 Å². The van der Waals surface area contributed by atoms with Crippen LogP contribution in [0.1, 0.15) is 18.4 Å². The van der Waals surface area contributed by atoms with Crippen molar-refractivity contribution in [3.05, 3.63) is 30.1 Å². The lowest BCUT2D eigenvalue weighted by Gasteiger charge is -2.23. The molecule has 0 spiro atoms. The third kappa shape index (κ3) is 2.22. The monoisotopic (exact) mass is 244 g/mol. The molecule has 5 heteroatoms. The fourth-order valence-corrected chi connectivity index (χ4v) is 2.32. The summed E-state index contributed by atoms with van der Waals surface area (Å²) in [5.41, 5.74) is 2.14. The van der Waals surface area contributed by atoms with E-state index in [-0.39, 0.29) is 5.91 Å². The van der Waals surface area contributed by atoms with Gasteiger partial charge in [0, 0.05) is 43.3 Å². The Morgan fingerprint density at radius 3 is 3.28 bits per heavy atom. The highest BCUT2D eigenvalue weighted by molar-refractivity contribution is 5.79. The molecule has 1 atom stereocenters. The van der Waals surface area contributed by atoms with Gasteiger partial charge in [0.2, 0.25) is 5.91 Å². The highest BCUT2D eigenvalue weighted by atomic mass is 16.1. The number of pyridine rings is 1. The Hall–Kier alpha value is -1.88. The fourth-order valence-electron chi connectivity index (χ4n) is 2.32. The maximum Gasteiger partial charge on any atom is 0.220 e. The molecule has 1 fully saturated rings. The third-order valence-electron chi connectivity index (χ3n) is 3.38. The first-order valence-electron chi connectivity index (χ1n) is 6.24. The summed E-state index contributed by atoms with van der Waals surface area (Å²) >= 11 is 0. The van der Waals surface area contributed by atoms with E-state index in [1.54, 1.807) is 6.20 Å². The van der Waals surface area contributed by atoms with Crippen molar-refractivity contribution in [2.24, 2.45) is 0 Å². The number of nitrogens with one attached hydrogen (secondary N) is 3. The Bertz CT molecular complexity index is 553. The number of fused-ring (bicyclic) bond motifs is 1. The Kier molecular flexibility index (Phi) is 2.98. The summed E-state index contributed by atoms with van der Waals surface area (Å²) in [6.45, 7) is 1.52. The second-order valence-electron chi connectivity index (χ2n) is 4.63. The maximum absolute atomic E-state index is 11.1. The summed E-state index contributed by atoms with van der Waals surface area (Å²) in [5, 5.41) is 7.51. The normalized spacial score (nSPS) is 20.0. The van der Waals surface area contributed by atoms with Crippen LogP contribution in [0.2, 0.25) is 0 Å². The van der Waals surface area contributed by atoms with Crippen LogP contribution in [0.15, 0.2) is 24.5 Å². The van der Waals surface area contributed by atoms with Gasteiger partial charge in [-0.05, 0) is 24.1 Å². The van der Waals surface area contributed by atoms with Crippen LogP contribution in [0.5, 0.6) is 0 Å². The molecule has 1 amide bonds. The number of carbonyl (C=O) groups excluding carboxylic acids is 1. The molecule has 0 aromatic carbocycles. The van der Waals surface area contributed by atoms with Crippen LogP contribution in [-0.4, -0.2) is 28.5 Å². The summed E-state index contributed by atoms with van der Waals surface area (Å²) in [6, 6.07) is 4.38. The van der Waals surface area contributed by atoms with Gasteiger partial charge in [-0.1, -0.05) is 0 Å². The van der Waals surface area contributed by atoms with E-state index < -0.39 is 0 Å². The lowest BCUT2D eigenvalue weighted by molar-refractivity contribution is -0.122. The highest BCUT2D eigenvalue weighted by Crippen LogP contribution is 2.15. The van der Waals surface area contributed by atoms with Crippen molar-refractivity contribution >= 4 is 16.9 Å². The smallest absolute Gasteiger partial charge is 0.220 e. The van der Waals surface area contributed by atoms with Crippen molar-refractivity contribution in [2.45, 2.75) is 25.4 Å². The van der Waals surface area contributed by atoms with E-state index in [9.17, 15) is 4.79 Å². The minimum atomic E-state index is 0.157. The first-order valence-corrected chi connectivity index (χ1v) is 6.24. The molecule has 1 aliphatic rings. The van der Waals surface area contributed by atoms with Gasteiger partial charge >= 0.3 is 0 Å². The predicted octanol–water partition coefficient (Wildman–Crippen LogP) is 0.931. The number of hydrogen-bond acceptors (Lipinski definition) is 3. The molecule has 18 heavy (non-hydrogen) atoms. The topological polar surface area (TPSA) is 69.8 Å². The number of amides is 1. The molecule has 1 unspecified atom stereocenters. The standard InChI is InChI=1S/C13H16N4O/c18-12-4-3-10(8-16-12)15-6-9-7-17-13-11(9)2-1-5-14-13/h1-2,5,7,10,15H,3-4,6,8H2,(H,14,17)(H,16,18). The SMILES string of the molecule is O=C1CCC(NCc2c[nH]c3ncccc23)CN1. The predicted molar refractivity (Wildman–Crippen MR) is 69.0 cm³/mol. The minimum absolute atomic E-state index is 0.157. The summed E-state index contributed by atoms with van der Waals surface area (Å²) in [5.74, 6) is 0.157. The van der Waals surface area contributed by atoms with Crippen LogP contribution in [0.4, 0.5) is 0 Å². The van der Waals surface area contributed by atoms with Crippen molar-refractivity contribution in [2.75, 3.05) is 6.54 Å². The van der Waals surface area contributed by atoms with Crippen molar-refractivity contribution < 1.29 is 4.79 Å². The minimum Gasteiger partial charge on any atom is -0.355 e. The first kappa shape index (κ1) is 11.2. The number of rotatable bonds is 3. The van der Waals surface area contributed by atoms with Crippen LogP contribution < -0.4 is 10.6 Å². The van der Waals surface area contributed by atoms with Crippen LogP contribution >= 0.6 is 0 Å². The zero-order valence-electron chi connectivity index (χ0n) is 10.1. The Morgan fingerprint density at radius 1 is 1.50 bits per heavy atom. The van der Waals surface area contributed by atoms with Gasteiger partial charge < -0.3 is 15.6 Å². The summed E-state index contributed by atoms with van der Waals surface area (Å²) in [7, 11) is 0. The molecule has 2 aromatic rings. The summed E-state index contributed by atoms with van der Waals surface area (Å²) < 4.78 is 0. The zero-order chi connectivity index (χ0) is 12.4. The molecule has 5 nitrogen and oxygen atoms in total. The number of H-pyrrole nitrogens is 1. The van der Waals surface area contributed by atoms with E-state index in [1.165, 1.54) is 5.56 Å². The van der Waals surface area contributed by atoms with E-state index in [4.69, 9.17) is 0 Å². The van der Waals surface area contributed by atoms with Crippen molar-refractivity contribution in [1.82, 2.24) is 20.6 Å². The molecule has 3 rings (SSSR count). The molecule has 1 aliphatic heterocycles. The number of piperidine rings is 1. The Balaban J connectivity index is 1.64. The van der Waals surface area contributed by atoms with Crippen molar-refractivity contribution in [3.8, 4) is 0 Å². The fraction of sp³-hybridized carbons (Fsp3) is 0.385. The Morgan fingerprint density at radius 2 is 2.44 bits per heavy atom. The summed E-state index contributed by atoms with van der Waals surface area (Å²) in [6.07, 6.45) is 5.30. The third-order valence-corrected chi connectivity index (χ3v) is 3.38. The Labute approximate surface area is 105 Å². The molecule has 94 valence electrons. The van der Waals surface area contributed by atoms with Crippen LogP contribution in [0.25, 0.3) is 11.0 Å². The number of aromatic nitrogens is 2. The molecular weight excluding hydrogens is 228 g/mol. The van der Waals surface area contributed by atoms with Crippen LogP contribution in [0.3, 0.4) is 0 Å².